The van der Waals surface area contributed by atoms with Crippen molar-refractivity contribution in [2.45, 2.75) is 13.3 Å². The fraction of sp³-hybridized carbons (Fsp3) is 0.231. The average Bonchev–Trinajstić information content (AvgIpc) is 2.76. The number of aromatic carboxylic acids is 1. The number of aromatic nitrogens is 1. The van der Waals surface area contributed by atoms with Gasteiger partial charge in [0.25, 0.3) is 6.01 Å². The Bertz CT molecular complexity index is 587. The van der Waals surface area contributed by atoms with Crippen LogP contribution in [-0.4, -0.2) is 22.6 Å². The van der Waals surface area contributed by atoms with Crippen LogP contribution in [0.1, 0.15) is 23.7 Å². The monoisotopic (exact) mass is 246 g/mol. The molecule has 18 heavy (non-hydrogen) atoms. The number of fused-ring (bicyclic) bond motifs is 1. The number of carboxylic acid groups (broad SMARTS) is 1. The minimum atomic E-state index is -0.976. The first-order valence-corrected chi connectivity index (χ1v) is 5.69. The molecule has 0 spiro atoms. The van der Waals surface area contributed by atoms with Crippen molar-refractivity contribution in [3.05, 3.63) is 35.9 Å². The third-order valence-corrected chi connectivity index (χ3v) is 2.46. The van der Waals surface area contributed by atoms with Crippen LogP contribution < -0.4 is 5.32 Å². The van der Waals surface area contributed by atoms with E-state index in [9.17, 15) is 4.79 Å². The second kappa shape index (κ2) is 5.35. The molecule has 0 saturated heterocycles. The van der Waals surface area contributed by atoms with Crippen LogP contribution in [0.15, 0.2) is 34.8 Å². The molecule has 0 saturated carbocycles. The Labute approximate surface area is 104 Å². The van der Waals surface area contributed by atoms with Crippen LogP contribution in [0.2, 0.25) is 0 Å². The third kappa shape index (κ3) is 2.68. The molecule has 0 unspecified atom stereocenters. The SMILES string of the molecule is C/C=C/CCNc1nc2ccc(C(=O)O)cc2o1. The molecule has 0 aliphatic heterocycles. The van der Waals surface area contributed by atoms with Gasteiger partial charge in [0.2, 0.25) is 0 Å². The minimum absolute atomic E-state index is 0.194. The topological polar surface area (TPSA) is 75.4 Å². The van der Waals surface area contributed by atoms with Gasteiger partial charge >= 0.3 is 5.97 Å². The first-order valence-electron chi connectivity index (χ1n) is 5.69. The minimum Gasteiger partial charge on any atom is -0.478 e. The maximum absolute atomic E-state index is 10.8. The van der Waals surface area contributed by atoms with E-state index < -0.39 is 5.97 Å². The zero-order chi connectivity index (χ0) is 13.0. The number of nitrogens with one attached hydrogen (secondary N) is 1. The Hall–Kier alpha value is -2.30. The van der Waals surface area contributed by atoms with Crippen molar-refractivity contribution in [1.82, 2.24) is 4.98 Å². The van der Waals surface area contributed by atoms with Crippen molar-refractivity contribution in [1.29, 1.82) is 0 Å². The van der Waals surface area contributed by atoms with E-state index in [2.05, 4.69) is 10.3 Å². The molecule has 1 heterocycles. The normalized spacial score (nSPS) is 11.2. The average molecular weight is 246 g/mol. The van der Waals surface area contributed by atoms with Crippen LogP contribution in [0.25, 0.3) is 11.1 Å². The van der Waals surface area contributed by atoms with E-state index in [-0.39, 0.29) is 5.56 Å². The predicted molar refractivity (Wildman–Crippen MR) is 68.9 cm³/mol. The molecule has 2 N–H and O–H groups in total. The lowest BCUT2D eigenvalue weighted by atomic mass is 10.2. The summed E-state index contributed by atoms with van der Waals surface area (Å²) in [5, 5.41) is 11.9. The van der Waals surface area contributed by atoms with E-state index in [1.54, 1.807) is 6.07 Å². The van der Waals surface area contributed by atoms with Crippen molar-refractivity contribution < 1.29 is 14.3 Å². The van der Waals surface area contributed by atoms with E-state index in [0.717, 1.165) is 13.0 Å². The molecule has 0 amide bonds. The molecule has 0 aliphatic rings. The van der Waals surface area contributed by atoms with Crippen molar-refractivity contribution in [2.24, 2.45) is 0 Å². The van der Waals surface area contributed by atoms with Gasteiger partial charge in [0, 0.05) is 6.54 Å². The molecule has 0 bridgehead atoms. The number of hydrogen-bond donors (Lipinski definition) is 2. The molecule has 0 atom stereocenters. The molecule has 1 aromatic carbocycles. The quantitative estimate of drug-likeness (QED) is 0.626. The first kappa shape index (κ1) is 12.2. The lowest BCUT2D eigenvalue weighted by Crippen LogP contribution is -1.99. The smallest absolute Gasteiger partial charge is 0.335 e. The Morgan fingerprint density at radius 3 is 3.11 bits per heavy atom. The van der Waals surface area contributed by atoms with Gasteiger partial charge in [0.15, 0.2) is 5.58 Å². The molecular weight excluding hydrogens is 232 g/mol. The van der Waals surface area contributed by atoms with Gasteiger partial charge in [-0.1, -0.05) is 12.2 Å². The molecule has 2 rings (SSSR count). The Balaban J connectivity index is 2.14. The summed E-state index contributed by atoms with van der Waals surface area (Å²) in [7, 11) is 0. The third-order valence-electron chi connectivity index (χ3n) is 2.46. The molecule has 5 heteroatoms. The van der Waals surface area contributed by atoms with Crippen LogP contribution >= 0.6 is 0 Å². The Morgan fingerprint density at radius 1 is 1.56 bits per heavy atom. The fourth-order valence-corrected chi connectivity index (χ4v) is 1.56. The lowest BCUT2D eigenvalue weighted by molar-refractivity contribution is 0.0697. The Morgan fingerprint density at radius 2 is 2.39 bits per heavy atom. The van der Waals surface area contributed by atoms with Gasteiger partial charge in [0.1, 0.15) is 5.52 Å². The summed E-state index contributed by atoms with van der Waals surface area (Å²) in [6.07, 6.45) is 4.90. The maximum atomic E-state index is 10.8. The van der Waals surface area contributed by atoms with Crippen LogP contribution in [0.4, 0.5) is 6.01 Å². The van der Waals surface area contributed by atoms with E-state index in [1.165, 1.54) is 12.1 Å². The van der Waals surface area contributed by atoms with Crippen LogP contribution in [0, 0.1) is 0 Å². The van der Waals surface area contributed by atoms with Gasteiger partial charge in [-0.3, -0.25) is 0 Å². The standard InChI is InChI=1S/C13H14N2O3/c1-2-3-4-7-14-13-15-10-6-5-9(12(16)17)8-11(10)18-13/h2-3,5-6,8H,4,7H2,1H3,(H,14,15)(H,16,17)/b3-2+. The summed E-state index contributed by atoms with van der Waals surface area (Å²) >= 11 is 0. The zero-order valence-corrected chi connectivity index (χ0v) is 10.0. The predicted octanol–water partition coefficient (Wildman–Crippen LogP) is 2.90. The molecule has 5 nitrogen and oxygen atoms in total. The highest BCUT2D eigenvalue weighted by atomic mass is 16.4. The maximum Gasteiger partial charge on any atom is 0.335 e. The molecule has 0 aliphatic carbocycles. The van der Waals surface area contributed by atoms with Gasteiger partial charge in [-0.25, -0.2) is 4.79 Å². The summed E-state index contributed by atoms with van der Waals surface area (Å²) in [5.74, 6) is -0.976. The molecule has 2 aromatic rings. The zero-order valence-electron chi connectivity index (χ0n) is 10.0. The highest BCUT2D eigenvalue weighted by Gasteiger charge is 2.08. The van der Waals surface area contributed by atoms with E-state index in [1.807, 2.05) is 19.1 Å². The number of hydrogen-bond acceptors (Lipinski definition) is 4. The van der Waals surface area contributed by atoms with E-state index >= 15 is 0 Å². The van der Waals surface area contributed by atoms with Crippen LogP contribution in [0.3, 0.4) is 0 Å². The number of carboxylic acids is 1. The van der Waals surface area contributed by atoms with Crippen molar-refractivity contribution >= 4 is 23.1 Å². The van der Waals surface area contributed by atoms with Crippen LogP contribution in [-0.2, 0) is 0 Å². The van der Waals surface area contributed by atoms with E-state index in [4.69, 9.17) is 9.52 Å². The molecule has 94 valence electrons. The molecule has 1 aromatic heterocycles. The van der Waals surface area contributed by atoms with Gasteiger partial charge < -0.3 is 14.8 Å². The van der Waals surface area contributed by atoms with Crippen molar-refractivity contribution in [3.63, 3.8) is 0 Å². The molecule has 0 fully saturated rings. The van der Waals surface area contributed by atoms with Gasteiger partial charge in [0.05, 0.1) is 5.56 Å². The molecule has 0 radical (unpaired) electrons. The largest absolute Gasteiger partial charge is 0.478 e. The van der Waals surface area contributed by atoms with Gasteiger partial charge in [-0.15, -0.1) is 0 Å². The highest BCUT2D eigenvalue weighted by Crippen LogP contribution is 2.20. The summed E-state index contributed by atoms with van der Waals surface area (Å²) in [4.78, 5) is 15.0. The summed E-state index contributed by atoms with van der Waals surface area (Å²) in [5.41, 5.74) is 1.32. The fourth-order valence-electron chi connectivity index (χ4n) is 1.56. The number of allylic oxidation sites excluding steroid dienone is 1. The van der Waals surface area contributed by atoms with Crippen molar-refractivity contribution in [2.75, 3.05) is 11.9 Å². The first-order chi connectivity index (χ1) is 8.70. The summed E-state index contributed by atoms with van der Waals surface area (Å²) in [6.45, 7) is 2.69. The number of anilines is 1. The second-order valence-corrected chi connectivity index (χ2v) is 3.79. The number of carbonyl (C=O) groups is 1. The number of nitrogens with zero attached hydrogens (tertiary/aromatic N) is 1. The lowest BCUT2D eigenvalue weighted by Gasteiger charge is -1.96. The Kier molecular flexibility index (Phi) is 3.62. The number of rotatable bonds is 5. The molecular formula is C13H14N2O3. The summed E-state index contributed by atoms with van der Waals surface area (Å²) in [6, 6.07) is 5.04. The highest BCUT2D eigenvalue weighted by molar-refractivity contribution is 5.92. The van der Waals surface area contributed by atoms with Crippen molar-refractivity contribution in [3.8, 4) is 0 Å². The van der Waals surface area contributed by atoms with E-state index in [0.29, 0.717) is 17.1 Å². The number of benzene rings is 1. The number of oxazole rings is 1. The van der Waals surface area contributed by atoms with Gasteiger partial charge in [-0.2, -0.15) is 4.98 Å². The van der Waals surface area contributed by atoms with Crippen LogP contribution in [0.5, 0.6) is 0 Å². The second-order valence-electron chi connectivity index (χ2n) is 3.79. The summed E-state index contributed by atoms with van der Waals surface area (Å²) < 4.78 is 5.43. The van der Waals surface area contributed by atoms with Gasteiger partial charge in [-0.05, 0) is 31.5 Å².